The summed E-state index contributed by atoms with van der Waals surface area (Å²) in [5, 5.41) is 8.45. The predicted octanol–water partition coefficient (Wildman–Crippen LogP) is 1.91. The van der Waals surface area contributed by atoms with Gasteiger partial charge in [0.15, 0.2) is 5.78 Å². The van der Waals surface area contributed by atoms with Gasteiger partial charge in [-0.1, -0.05) is 25.1 Å². The highest BCUT2D eigenvalue weighted by molar-refractivity contribution is 6.05. The molecule has 0 amide bonds. The van der Waals surface area contributed by atoms with Gasteiger partial charge in [0.05, 0.1) is 0 Å². The number of carboxylic acid groups (broad SMARTS) is 1. The third kappa shape index (κ3) is 2.69. The second kappa shape index (κ2) is 4.56. The molecule has 0 aliphatic heterocycles. The molecule has 1 N–H and O–H groups in total. The average Bonchev–Trinajstić information content (AvgIpc) is 2.17. The number of carbonyl (C=O) groups is 2. The second-order valence-electron chi connectivity index (χ2n) is 3.05. The Bertz CT molecular complexity index is 355. The van der Waals surface area contributed by atoms with Crippen molar-refractivity contribution in [1.82, 2.24) is 0 Å². The molecule has 0 atom stereocenters. The van der Waals surface area contributed by atoms with Gasteiger partial charge in [-0.3, -0.25) is 9.59 Å². The van der Waals surface area contributed by atoms with Crippen molar-refractivity contribution in [2.75, 3.05) is 0 Å². The molecule has 14 heavy (non-hydrogen) atoms. The number of rotatable bonds is 4. The van der Waals surface area contributed by atoms with Crippen LogP contribution in [-0.4, -0.2) is 16.9 Å². The lowest BCUT2D eigenvalue weighted by Gasteiger charge is -2.00. The first kappa shape index (κ1) is 10.4. The molecular weight excluding hydrogens is 180 g/mol. The molecule has 0 radical (unpaired) electrons. The van der Waals surface area contributed by atoms with E-state index in [0.717, 1.165) is 12.0 Å². The number of benzene rings is 1. The lowest BCUT2D eigenvalue weighted by molar-refractivity contribution is -0.135. The maximum Gasteiger partial charge on any atom is 0.311 e. The van der Waals surface area contributed by atoms with Crippen LogP contribution in [-0.2, 0) is 11.2 Å². The predicted molar refractivity (Wildman–Crippen MR) is 52.4 cm³/mol. The van der Waals surface area contributed by atoms with Crippen LogP contribution in [0.4, 0.5) is 0 Å². The Balaban J connectivity index is 2.84. The number of ketones is 1. The normalized spacial score (nSPS) is 9.79. The maximum absolute atomic E-state index is 11.3. The van der Waals surface area contributed by atoms with E-state index < -0.39 is 12.4 Å². The summed E-state index contributed by atoms with van der Waals surface area (Å²) in [7, 11) is 0. The van der Waals surface area contributed by atoms with Gasteiger partial charge in [0.25, 0.3) is 0 Å². The van der Waals surface area contributed by atoms with Crippen molar-refractivity contribution in [3.63, 3.8) is 0 Å². The van der Waals surface area contributed by atoms with E-state index in [1.807, 2.05) is 13.0 Å². The van der Waals surface area contributed by atoms with Crippen LogP contribution in [0.2, 0.25) is 0 Å². The molecule has 0 fully saturated rings. The van der Waals surface area contributed by atoms with Crippen LogP contribution in [0.5, 0.6) is 0 Å². The van der Waals surface area contributed by atoms with Crippen LogP contribution in [0.15, 0.2) is 24.3 Å². The van der Waals surface area contributed by atoms with E-state index in [2.05, 4.69) is 0 Å². The Labute approximate surface area is 82.4 Å². The highest BCUT2D eigenvalue weighted by Gasteiger charge is 2.10. The molecule has 0 unspecified atom stereocenters. The zero-order chi connectivity index (χ0) is 10.6. The van der Waals surface area contributed by atoms with Crippen molar-refractivity contribution in [3.8, 4) is 0 Å². The summed E-state index contributed by atoms with van der Waals surface area (Å²) in [6.07, 6.45) is 0.404. The first-order valence-electron chi connectivity index (χ1n) is 4.47. The Morgan fingerprint density at radius 2 is 2.07 bits per heavy atom. The van der Waals surface area contributed by atoms with Crippen molar-refractivity contribution in [1.29, 1.82) is 0 Å². The van der Waals surface area contributed by atoms with Crippen molar-refractivity contribution in [3.05, 3.63) is 35.4 Å². The molecular formula is C11H12O3. The molecule has 3 heteroatoms. The van der Waals surface area contributed by atoms with Crippen LogP contribution in [0.25, 0.3) is 0 Å². The van der Waals surface area contributed by atoms with Crippen LogP contribution in [0.3, 0.4) is 0 Å². The molecule has 0 aliphatic rings. The molecule has 1 aromatic rings. The summed E-state index contributed by atoms with van der Waals surface area (Å²) in [5.74, 6) is -1.43. The van der Waals surface area contributed by atoms with Gasteiger partial charge in [-0.2, -0.15) is 0 Å². The molecule has 1 aromatic carbocycles. The van der Waals surface area contributed by atoms with Crippen LogP contribution in [0.1, 0.15) is 29.3 Å². The average molecular weight is 192 g/mol. The third-order valence-corrected chi connectivity index (χ3v) is 1.97. The van der Waals surface area contributed by atoms with Gasteiger partial charge >= 0.3 is 5.97 Å². The molecule has 0 bridgehead atoms. The van der Waals surface area contributed by atoms with Crippen molar-refractivity contribution >= 4 is 11.8 Å². The summed E-state index contributed by atoms with van der Waals surface area (Å²) in [6, 6.07) is 7.07. The van der Waals surface area contributed by atoms with E-state index in [1.54, 1.807) is 18.2 Å². The molecule has 1 rings (SSSR count). The van der Waals surface area contributed by atoms with E-state index in [-0.39, 0.29) is 5.78 Å². The minimum absolute atomic E-state index is 0.340. The molecule has 0 heterocycles. The number of hydrogen-bond donors (Lipinski definition) is 1. The fourth-order valence-electron chi connectivity index (χ4n) is 1.20. The first-order chi connectivity index (χ1) is 6.63. The van der Waals surface area contributed by atoms with Gasteiger partial charge in [-0.25, -0.2) is 0 Å². The topological polar surface area (TPSA) is 54.4 Å². The van der Waals surface area contributed by atoms with E-state index in [4.69, 9.17) is 5.11 Å². The highest BCUT2D eigenvalue weighted by Crippen LogP contribution is 2.08. The van der Waals surface area contributed by atoms with Crippen molar-refractivity contribution < 1.29 is 14.7 Å². The Morgan fingerprint density at radius 3 is 2.64 bits per heavy atom. The van der Waals surface area contributed by atoms with E-state index >= 15 is 0 Å². The fourth-order valence-corrected chi connectivity index (χ4v) is 1.20. The van der Waals surface area contributed by atoms with Crippen molar-refractivity contribution in [2.24, 2.45) is 0 Å². The zero-order valence-corrected chi connectivity index (χ0v) is 7.99. The molecule has 3 nitrogen and oxygen atoms in total. The summed E-state index contributed by atoms with van der Waals surface area (Å²) in [6.45, 7) is 1.99. The Morgan fingerprint density at radius 1 is 1.36 bits per heavy atom. The summed E-state index contributed by atoms with van der Waals surface area (Å²) < 4.78 is 0. The number of Topliss-reactive ketones (excluding diaryl/α,β-unsaturated/α-hetero) is 1. The van der Waals surface area contributed by atoms with E-state index in [0.29, 0.717) is 5.56 Å². The minimum Gasteiger partial charge on any atom is -0.481 e. The number of aryl methyl sites for hydroxylation is 1. The molecule has 0 aliphatic carbocycles. The van der Waals surface area contributed by atoms with Gasteiger partial charge in [0, 0.05) is 5.56 Å². The molecule has 0 aromatic heterocycles. The number of carbonyl (C=O) groups excluding carboxylic acids is 1. The van der Waals surface area contributed by atoms with Crippen LogP contribution in [0, 0.1) is 0 Å². The number of hydrogen-bond acceptors (Lipinski definition) is 2. The standard InChI is InChI=1S/C11H12O3/c1-2-8-4-3-5-9(6-8)10(12)7-11(13)14/h3-6H,2,7H2,1H3,(H,13,14). The van der Waals surface area contributed by atoms with Crippen LogP contribution < -0.4 is 0 Å². The molecule has 0 spiro atoms. The van der Waals surface area contributed by atoms with Gasteiger partial charge in [-0.15, -0.1) is 0 Å². The molecule has 0 saturated heterocycles. The van der Waals surface area contributed by atoms with E-state index in [1.165, 1.54) is 0 Å². The van der Waals surface area contributed by atoms with Crippen LogP contribution >= 0.6 is 0 Å². The largest absolute Gasteiger partial charge is 0.481 e. The quantitative estimate of drug-likeness (QED) is 0.585. The first-order valence-corrected chi connectivity index (χ1v) is 4.47. The van der Waals surface area contributed by atoms with Gasteiger partial charge in [0.2, 0.25) is 0 Å². The van der Waals surface area contributed by atoms with E-state index in [9.17, 15) is 9.59 Å². The lowest BCUT2D eigenvalue weighted by atomic mass is 10.0. The minimum atomic E-state index is -1.09. The van der Waals surface area contributed by atoms with Crippen molar-refractivity contribution in [2.45, 2.75) is 19.8 Å². The third-order valence-electron chi connectivity index (χ3n) is 1.97. The van der Waals surface area contributed by atoms with Gasteiger partial charge in [0.1, 0.15) is 6.42 Å². The zero-order valence-electron chi connectivity index (χ0n) is 7.99. The number of carboxylic acids is 1. The fraction of sp³-hybridized carbons (Fsp3) is 0.273. The Hall–Kier alpha value is -1.64. The summed E-state index contributed by atoms with van der Waals surface area (Å²) >= 11 is 0. The molecule has 0 saturated carbocycles. The summed E-state index contributed by atoms with van der Waals surface area (Å²) in [4.78, 5) is 21.7. The summed E-state index contributed by atoms with van der Waals surface area (Å²) in [5.41, 5.74) is 1.52. The lowest BCUT2D eigenvalue weighted by Crippen LogP contribution is -2.07. The maximum atomic E-state index is 11.3. The van der Waals surface area contributed by atoms with Gasteiger partial charge < -0.3 is 5.11 Å². The second-order valence-corrected chi connectivity index (χ2v) is 3.05. The van der Waals surface area contributed by atoms with Gasteiger partial charge in [-0.05, 0) is 18.1 Å². The molecule has 74 valence electrons. The highest BCUT2D eigenvalue weighted by atomic mass is 16.4. The SMILES string of the molecule is CCc1cccc(C(=O)CC(=O)O)c1. The smallest absolute Gasteiger partial charge is 0.311 e. The Kier molecular flexibility index (Phi) is 3.40. The monoisotopic (exact) mass is 192 g/mol. The number of aliphatic carboxylic acids is 1.